The zero-order chi connectivity index (χ0) is 17.1. The molecule has 0 atom stereocenters. The van der Waals surface area contributed by atoms with Gasteiger partial charge in [0.15, 0.2) is 11.4 Å². The van der Waals surface area contributed by atoms with Crippen LogP contribution in [0, 0.1) is 17.2 Å². The summed E-state index contributed by atoms with van der Waals surface area (Å²) >= 11 is 6.01. The number of H-pyrrole nitrogens is 1. The summed E-state index contributed by atoms with van der Waals surface area (Å²) in [4.78, 5) is 21.6. The molecule has 24 heavy (non-hydrogen) atoms. The van der Waals surface area contributed by atoms with Crippen LogP contribution in [0.25, 0.3) is 0 Å². The molecule has 5 nitrogen and oxygen atoms in total. The van der Waals surface area contributed by atoms with Crippen molar-refractivity contribution in [1.29, 1.82) is 5.26 Å². The van der Waals surface area contributed by atoms with Gasteiger partial charge in [0.05, 0.1) is 0 Å². The largest absolute Gasteiger partial charge is 0.355 e. The Hall–Kier alpha value is -2.32. The molecular formula is C18H19ClN4O. The number of hydrogen-bond donors (Lipinski definition) is 1. The second-order valence-corrected chi connectivity index (χ2v) is 6.74. The lowest BCUT2D eigenvalue weighted by Crippen LogP contribution is -2.36. The van der Waals surface area contributed by atoms with Crippen LogP contribution in [0.5, 0.6) is 0 Å². The molecule has 0 amide bonds. The van der Waals surface area contributed by atoms with Crippen LogP contribution in [-0.2, 0) is 6.42 Å². The van der Waals surface area contributed by atoms with Crippen LogP contribution in [0.4, 0.5) is 5.82 Å². The topological polar surface area (TPSA) is 72.8 Å². The van der Waals surface area contributed by atoms with Crippen LogP contribution in [0.1, 0.15) is 36.7 Å². The minimum absolute atomic E-state index is 0.0967. The molecule has 1 aliphatic rings. The lowest BCUT2D eigenvalue weighted by atomic mass is 9.99. The molecule has 1 aromatic heterocycles. The zero-order valence-corrected chi connectivity index (χ0v) is 14.3. The van der Waals surface area contributed by atoms with Crippen molar-refractivity contribution < 1.29 is 0 Å². The van der Waals surface area contributed by atoms with Gasteiger partial charge in [0.2, 0.25) is 0 Å². The number of benzene rings is 1. The average molecular weight is 343 g/mol. The summed E-state index contributed by atoms with van der Waals surface area (Å²) in [6.45, 7) is 3.87. The third-order valence-corrected chi connectivity index (χ3v) is 4.64. The molecule has 0 radical (unpaired) electrons. The molecule has 1 aromatic carbocycles. The summed E-state index contributed by atoms with van der Waals surface area (Å²) in [5.41, 5.74) is 0.686. The van der Waals surface area contributed by atoms with Gasteiger partial charge >= 0.3 is 0 Å². The van der Waals surface area contributed by atoms with Crippen molar-refractivity contribution >= 4 is 17.4 Å². The number of halogens is 1. The second kappa shape index (κ2) is 7.06. The third kappa shape index (κ3) is 3.60. The molecule has 0 bridgehead atoms. The van der Waals surface area contributed by atoms with Crippen molar-refractivity contribution in [2.24, 2.45) is 5.92 Å². The summed E-state index contributed by atoms with van der Waals surface area (Å²) in [6.07, 6.45) is 2.56. The summed E-state index contributed by atoms with van der Waals surface area (Å²) in [6, 6.07) is 9.46. The van der Waals surface area contributed by atoms with E-state index in [1.54, 1.807) is 6.07 Å². The smallest absolute Gasteiger partial charge is 0.271 e. The van der Waals surface area contributed by atoms with E-state index in [0.29, 0.717) is 29.0 Å². The van der Waals surface area contributed by atoms with E-state index in [9.17, 15) is 10.1 Å². The number of hydrogen-bond acceptors (Lipinski definition) is 4. The van der Waals surface area contributed by atoms with Crippen LogP contribution in [-0.4, -0.2) is 23.1 Å². The molecule has 0 aliphatic carbocycles. The summed E-state index contributed by atoms with van der Waals surface area (Å²) in [7, 11) is 0. The van der Waals surface area contributed by atoms with Crippen molar-refractivity contribution in [3.63, 3.8) is 0 Å². The Morgan fingerprint density at radius 1 is 1.42 bits per heavy atom. The van der Waals surface area contributed by atoms with Crippen LogP contribution in [0.2, 0.25) is 5.02 Å². The van der Waals surface area contributed by atoms with Crippen molar-refractivity contribution in [2.45, 2.75) is 26.2 Å². The van der Waals surface area contributed by atoms with E-state index < -0.39 is 0 Å². The molecule has 3 rings (SSSR count). The number of anilines is 1. The van der Waals surface area contributed by atoms with E-state index in [0.717, 1.165) is 31.5 Å². The first-order chi connectivity index (χ1) is 11.6. The highest BCUT2D eigenvalue weighted by atomic mass is 35.5. The molecule has 124 valence electrons. The molecule has 1 N–H and O–H groups in total. The van der Waals surface area contributed by atoms with Crippen LogP contribution in [0.3, 0.4) is 0 Å². The summed E-state index contributed by atoms with van der Waals surface area (Å²) in [5.74, 6) is 1.72. The fourth-order valence-electron chi connectivity index (χ4n) is 2.98. The predicted octanol–water partition coefficient (Wildman–Crippen LogP) is 3.12. The van der Waals surface area contributed by atoms with E-state index in [-0.39, 0.29) is 11.1 Å². The number of aromatic amines is 1. The van der Waals surface area contributed by atoms with Gasteiger partial charge < -0.3 is 9.88 Å². The first kappa shape index (κ1) is 16.5. The molecular weight excluding hydrogens is 324 g/mol. The van der Waals surface area contributed by atoms with E-state index in [4.69, 9.17) is 11.6 Å². The first-order valence-electron chi connectivity index (χ1n) is 8.09. The molecule has 1 saturated heterocycles. The normalized spacial score (nSPS) is 15.3. The van der Waals surface area contributed by atoms with E-state index in [1.807, 2.05) is 24.3 Å². The van der Waals surface area contributed by atoms with Gasteiger partial charge in [-0.25, -0.2) is 4.98 Å². The Morgan fingerprint density at radius 3 is 2.83 bits per heavy atom. The molecule has 1 aliphatic heterocycles. The Balaban J connectivity index is 1.94. The van der Waals surface area contributed by atoms with Gasteiger partial charge in [-0.3, -0.25) is 4.79 Å². The maximum Gasteiger partial charge on any atom is 0.271 e. The standard InChI is InChI=1S/C18H19ClN4O/c1-12-5-7-23(8-6-12)17-15(11-20)18(24)22-16(21-17)10-13-3-2-4-14(19)9-13/h2-4,9,12H,5-8,10H2,1H3,(H,21,22,24). The Bertz CT molecular complexity index is 832. The quantitative estimate of drug-likeness (QED) is 0.930. The Morgan fingerprint density at radius 2 is 2.17 bits per heavy atom. The Labute approximate surface area is 145 Å². The Kier molecular flexibility index (Phi) is 4.86. The number of rotatable bonds is 3. The van der Waals surface area contributed by atoms with Gasteiger partial charge in [-0.1, -0.05) is 30.7 Å². The van der Waals surface area contributed by atoms with E-state index >= 15 is 0 Å². The fraction of sp³-hybridized carbons (Fsp3) is 0.389. The van der Waals surface area contributed by atoms with Gasteiger partial charge in [0.1, 0.15) is 11.9 Å². The first-order valence-corrected chi connectivity index (χ1v) is 8.47. The molecule has 2 aromatic rings. The average Bonchev–Trinajstić information content (AvgIpc) is 2.55. The number of nitriles is 1. The highest BCUT2D eigenvalue weighted by Crippen LogP contribution is 2.23. The molecule has 0 unspecified atom stereocenters. The van der Waals surface area contributed by atoms with Gasteiger partial charge in [-0.2, -0.15) is 5.26 Å². The lowest BCUT2D eigenvalue weighted by Gasteiger charge is -2.31. The molecule has 0 saturated carbocycles. The van der Waals surface area contributed by atoms with Crippen LogP contribution < -0.4 is 10.5 Å². The molecule has 1 fully saturated rings. The SMILES string of the molecule is CC1CCN(c2nc(Cc3cccc(Cl)c3)[nH]c(=O)c2C#N)CC1. The zero-order valence-electron chi connectivity index (χ0n) is 13.6. The highest BCUT2D eigenvalue weighted by molar-refractivity contribution is 6.30. The lowest BCUT2D eigenvalue weighted by molar-refractivity contribution is 0.436. The van der Waals surface area contributed by atoms with Gasteiger partial charge in [-0.15, -0.1) is 0 Å². The van der Waals surface area contributed by atoms with Crippen LogP contribution in [0.15, 0.2) is 29.1 Å². The predicted molar refractivity (Wildman–Crippen MR) is 94.4 cm³/mol. The minimum atomic E-state index is -0.377. The highest BCUT2D eigenvalue weighted by Gasteiger charge is 2.22. The van der Waals surface area contributed by atoms with E-state index in [1.165, 1.54) is 0 Å². The molecule has 2 heterocycles. The van der Waals surface area contributed by atoms with Crippen molar-refractivity contribution in [3.8, 4) is 6.07 Å². The molecule has 6 heteroatoms. The van der Waals surface area contributed by atoms with E-state index in [2.05, 4.69) is 21.8 Å². The van der Waals surface area contributed by atoms with Gasteiger partial charge in [0.25, 0.3) is 5.56 Å². The maximum atomic E-state index is 12.3. The maximum absolute atomic E-state index is 12.3. The van der Waals surface area contributed by atoms with Crippen LogP contribution >= 0.6 is 11.6 Å². The monoisotopic (exact) mass is 342 g/mol. The second-order valence-electron chi connectivity index (χ2n) is 6.30. The van der Waals surface area contributed by atoms with Crippen molar-refractivity contribution in [2.75, 3.05) is 18.0 Å². The van der Waals surface area contributed by atoms with Gasteiger partial charge in [-0.05, 0) is 36.5 Å². The number of aromatic nitrogens is 2. The number of nitrogens with zero attached hydrogens (tertiary/aromatic N) is 3. The van der Waals surface area contributed by atoms with Crippen molar-refractivity contribution in [3.05, 3.63) is 56.6 Å². The minimum Gasteiger partial charge on any atom is -0.355 e. The summed E-state index contributed by atoms with van der Waals surface area (Å²) in [5, 5.41) is 9.99. The number of piperidine rings is 1. The summed E-state index contributed by atoms with van der Waals surface area (Å²) < 4.78 is 0. The van der Waals surface area contributed by atoms with Gasteiger partial charge in [0, 0.05) is 24.5 Å². The van der Waals surface area contributed by atoms with Crippen molar-refractivity contribution in [1.82, 2.24) is 9.97 Å². The molecule has 0 spiro atoms. The number of nitrogens with one attached hydrogen (secondary N) is 1. The third-order valence-electron chi connectivity index (χ3n) is 4.40. The fourth-order valence-corrected chi connectivity index (χ4v) is 3.19.